The van der Waals surface area contributed by atoms with Crippen LogP contribution in [-0.4, -0.2) is 32.7 Å². The summed E-state index contributed by atoms with van der Waals surface area (Å²) in [7, 11) is 1.57. The minimum Gasteiger partial charge on any atom is -0.491 e. The minimum atomic E-state index is -0.501. The lowest BCUT2D eigenvalue weighted by Crippen LogP contribution is -2.35. The van der Waals surface area contributed by atoms with Gasteiger partial charge in [-0.15, -0.1) is 0 Å². The van der Waals surface area contributed by atoms with Gasteiger partial charge in [-0.2, -0.15) is 0 Å². The van der Waals surface area contributed by atoms with Crippen LogP contribution in [-0.2, 0) is 4.79 Å². The maximum absolute atomic E-state index is 13.6. The molecule has 0 saturated heterocycles. The second kappa shape index (κ2) is 6.82. The summed E-state index contributed by atoms with van der Waals surface area (Å²) in [6, 6.07) is 2.74. The first-order chi connectivity index (χ1) is 9.03. The Hall–Kier alpha value is -1.98. The second-order valence-corrected chi connectivity index (χ2v) is 3.96. The molecule has 1 aromatic rings. The first-order valence-corrected chi connectivity index (χ1v) is 6.20. The van der Waals surface area contributed by atoms with Crippen molar-refractivity contribution < 1.29 is 13.9 Å². The lowest BCUT2D eigenvalue weighted by molar-refractivity contribution is -0.119. The van der Waals surface area contributed by atoms with E-state index in [4.69, 9.17) is 10.5 Å². The van der Waals surface area contributed by atoms with Crippen molar-refractivity contribution in [3.05, 3.63) is 17.9 Å². The number of nitrogens with two attached hydrogens (primary N) is 1. The lowest BCUT2D eigenvalue weighted by atomic mass is 10.2. The van der Waals surface area contributed by atoms with Gasteiger partial charge in [0.2, 0.25) is 5.91 Å². The van der Waals surface area contributed by atoms with Crippen molar-refractivity contribution in [3.8, 4) is 5.75 Å². The Balaban J connectivity index is 3.08. The quantitative estimate of drug-likeness (QED) is 0.766. The molecule has 6 heteroatoms. The van der Waals surface area contributed by atoms with Gasteiger partial charge in [-0.3, -0.25) is 4.79 Å². The van der Waals surface area contributed by atoms with Crippen molar-refractivity contribution in [2.75, 3.05) is 37.4 Å². The number of amides is 1. The molecule has 0 aliphatic heterocycles. The molecule has 0 heterocycles. The zero-order valence-electron chi connectivity index (χ0n) is 11.5. The highest BCUT2D eigenvalue weighted by atomic mass is 19.1. The van der Waals surface area contributed by atoms with Gasteiger partial charge in [-0.05, 0) is 13.8 Å². The number of rotatable bonds is 6. The van der Waals surface area contributed by atoms with Crippen LogP contribution >= 0.6 is 0 Å². The van der Waals surface area contributed by atoms with E-state index < -0.39 is 5.82 Å². The Morgan fingerprint density at radius 2 is 2.16 bits per heavy atom. The number of carbonyl (C=O) groups excluding carboxylic acids is 1. The van der Waals surface area contributed by atoms with Gasteiger partial charge in [0.25, 0.3) is 0 Å². The molecule has 0 saturated carbocycles. The van der Waals surface area contributed by atoms with Crippen LogP contribution in [0.1, 0.15) is 13.8 Å². The van der Waals surface area contributed by atoms with E-state index in [9.17, 15) is 9.18 Å². The zero-order chi connectivity index (χ0) is 14.4. The molecule has 0 radical (unpaired) electrons. The lowest BCUT2D eigenvalue weighted by Gasteiger charge is -2.24. The first-order valence-electron chi connectivity index (χ1n) is 6.20. The van der Waals surface area contributed by atoms with Crippen molar-refractivity contribution in [1.29, 1.82) is 0 Å². The summed E-state index contributed by atoms with van der Waals surface area (Å²) in [6.07, 6.45) is 0. The summed E-state index contributed by atoms with van der Waals surface area (Å²) >= 11 is 0. The van der Waals surface area contributed by atoms with Crippen LogP contribution in [0.15, 0.2) is 12.1 Å². The fourth-order valence-electron chi connectivity index (χ4n) is 1.72. The van der Waals surface area contributed by atoms with Crippen LogP contribution in [0.3, 0.4) is 0 Å². The Kier molecular flexibility index (Phi) is 5.41. The van der Waals surface area contributed by atoms with E-state index >= 15 is 0 Å². The van der Waals surface area contributed by atoms with E-state index in [2.05, 4.69) is 5.32 Å². The van der Waals surface area contributed by atoms with Gasteiger partial charge in [0.15, 0.2) is 11.6 Å². The third kappa shape index (κ3) is 3.74. The molecule has 0 bridgehead atoms. The van der Waals surface area contributed by atoms with Crippen LogP contribution < -0.4 is 20.7 Å². The maximum atomic E-state index is 13.6. The molecule has 1 rings (SSSR count). The smallest absolute Gasteiger partial charge is 0.239 e. The first kappa shape index (κ1) is 15.1. The van der Waals surface area contributed by atoms with Crippen molar-refractivity contribution in [2.24, 2.45) is 0 Å². The molecule has 19 heavy (non-hydrogen) atoms. The third-order valence-corrected chi connectivity index (χ3v) is 2.72. The molecule has 1 amide bonds. The van der Waals surface area contributed by atoms with Gasteiger partial charge in [-0.1, -0.05) is 0 Å². The fourth-order valence-corrected chi connectivity index (χ4v) is 1.72. The number of carbonyl (C=O) groups is 1. The largest absolute Gasteiger partial charge is 0.491 e. The highest BCUT2D eigenvalue weighted by Crippen LogP contribution is 2.31. The summed E-state index contributed by atoms with van der Waals surface area (Å²) in [4.78, 5) is 13.2. The van der Waals surface area contributed by atoms with Gasteiger partial charge in [0, 0.05) is 25.7 Å². The zero-order valence-corrected chi connectivity index (χ0v) is 11.5. The van der Waals surface area contributed by atoms with Crippen molar-refractivity contribution in [1.82, 2.24) is 5.32 Å². The second-order valence-electron chi connectivity index (χ2n) is 3.96. The average molecular weight is 269 g/mol. The Morgan fingerprint density at radius 1 is 1.47 bits per heavy atom. The van der Waals surface area contributed by atoms with E-state index in [-0.39, 0.29) is 23.9 Å². The number of nitrogens with zero attached hydrogens (tertiary/aromatic N) is 1. The molecule has 0 aromatic heterocycles. The standard InChI is InChI=1S/C13H20FN3O2/c1-4-17(8-13(18)16-3)11-7-12(19-5-2)9(14)6-10(11)15/h6-7H,4-5,8,15H2,1-3H3,(H,16,18). The van der Waals surface area contributed by atoms with Gasteiger partial charge < -0.3 is 20.7 Å². The van der Waals surface area contributed by atoms with E-state index in [0.717, 1.165) is 0 Å². The predicted octanol–water partition coefficient (Wildman–Crippen LogP) is 1.38. The Labute approximate surface area is 112 Å². The number of nitrogen functional groups attached to an aromatic ring is 1. The highest BCUT2D eigenvalue weighted by molar-refractivity contribution is 5.83. The van der Waals surface area contributed by atoms with Crippen LogP contribution in [0.25, 0.3) is 0 Å². The minimum absolute atomic E-state index is 0.136. The van der Waals surface area contributed by atoms with Crippen LogP contribution in [0.5, 0.6) is 5.75 Å². The monoisotopic (exact) mass is 269 g/mol. The number of hydrogen-bond donors (Lipinski definition) is 2. The SMILES string of the molecule is CCOc1cc(N(CC)CC(=O)NC)c(N)cc1F. The summed E-state index contributed by atoms with van der Waals surface area (Å²) in [5.74, 6) is -0.496. The molecule has 0 spiro atoms. The van der Waals surface area contributed by atoms with Crippen molar-refractivity contribution in [2.45, 2.75) is 13.8 Å². The van der Waals surface area contributed by atoms with Gasteiger partial charge >= 0.3 is 0 Å². The van der Waals surface area contributed by atoms with Gasteiger partial charge in [0.1, 0.15) is 0 Å². The molecule has 1 aromatic carbocycles. The van der Waals surface area contributed by atoms with E-state index in [0.29, 0.717) is 18.8 Å². The van der Waals surface area contributed by atoms with Crippen molar-refractivity contribution in [3.63, 3.8) is 0 Å². The molecular weight excluding hydrogens is 249 g/mol. The molecule has 0 fully saturated rings. The van der Waals surface area contributed by atoms with Crippen LogP contribution in [0.2, 0.25) is 0 Å². The topological polar surface area (TPSA) is 67.6 Å². The highest BCUT2D eigenvalue weighted by Gasteiger charge is 2.15. The van der Waals surface area contributed by atoms with Gasteiger partial charge in [0.05, 0.1) is 24.5 Å². The summed E-state index contributed by atoms with van der Waals surface area (Å²) < 4.78 is 18.8. The summed E-state index contributed by atoms with van der Waals surface area (Å²) in [6.45, 7) is 4.77. The Bertz CT molecular complexity index is 452. The molecule has 5 nitrogen and oxygen atoms in total. The maximum Gasteiger partial charge on any atom is 0.239 e. The number of nitrogens with one attached hydrogen (secondary N) is 1. The predicted molar refractivity (Wildman–Crippen MR) is 73.9 cm³/mol. The molecule has 0 aliphatic carbocycles. The third-order valence-electron chi connectivity index (χ3n) is 2.72. The molecule has 0 aliphatic rings. The Morgan fingerprint density at radius 3 is 2.68 bits per heavy atom. The number of hydrogen-bond acceptors (Lipinski definition) is 4. The van der Waals surface area contributed by atoms with E-state index in [1.165, 1.54) is 12.1 Å². The molecule has 0 unspecified atom stereocenters. The number of benzene rings is 1. The fraction of sp³-hybridized carbons (Fsp3) is 0.462. The number of anilines is 2. The molecule has 0 atom stereocenters. The number of likely N-dealkylation sites (N-methyl/N-ethyl adjacent to an activating group) is 2. The van der Waals surface area contributed by atoms with E-state index in [1.807, 2.05) is 6.92 Å². The van der Waals surface area contributed by atoms with Crippen molar-refractivity contribution >= 4 is 17.3 Å². The van der Waals surface area contributed by atoms with E-state index in [1.54, 1.807) is 18.9 Å². The summed E-state index contributed by atoms with van der Waals surface area (Å²) in [5.41, 5.74) is 6.69. The normalized spacial score (nSPS) is 10.1. The molecular formula is C13H20FN3O2. The average Bonchev–Trinajstić information content (AvgIpc) is 2.39. The molecule has 3 N–H and O–H groups in total. The van der Waals surface area contributed by atoms with Crippen LogP contribution in [0, 0.1) is 5.82 Å². The van der Waals surface area contributed by atoms with Crippen LogP contribution in [0.4, 0.5) is 15.8 Å². The van der Waals surface area contributed by atoms with Gasteiger partial charge in [-0.25, -0.2) is 4.39 Å². The summed E-state index contributed by atoms with van der Waals surface area (Å²) in [5, 5.41) is 2.54. The number of halogens is 1. The molecule has 106 valence electrons. The number of ether oxygens (including phenoxy) is 1.